The van der Waals surface area contributed by atoms with Crippen LogP contribution in [0.25, 0.3) is 10.2 Å². The van der Waals surface area contributed by atoms with Gasteiger partial charge in [-0.05, 0) is 43.7 Å². The van der Waals surface area contributed by atoms with Crippen LogP contribution in [0.3, 0.4) is 0 Å². The first kappa shape index (κ1) is 19.4. The average molecular weight is 422 g/mol. The Morgan fingerprint density at radius 1 is 1.00 bits per heavy atom. The highest BCUT2D eigenvalue weighted by Gasteiger charge is 2.13. The molecule has 0 saturated carbocycles. The Hall–Kier alpha value is -2.97. The van der Waals surface area contributed by atoms with Gasteiger partial charge in [0, 0.05) is 22.7 Å². The molecule has 0 aliphatic carbocycles. The summed E-state index contributed by atoms with van der Waals surface area (Å²) >= 11 is 3.29. The smallest absolute Gasteiger partial charge is 0.267 e. The molecule has 8 heteroatoms. The van der Waals surface area contributed by atoms with E-state index in [1.807, 2.05) is 62.4 Å². The van der Waals surface area contributed by atoms with Gasteiger partial charge in [0.25, 0.3) is 5.91 Å². The van der Waals surface area contributed by atoms with Crippen LogP contribution in [-0.4, -0.2) is 20.9 Å². The maximum atomic E-state index is 12.7. The third-order valence-electron chi connectivity index (χ3n) is 4.16. The number of thioether (sulfide) groups is 1. The molecule has 0 aliphatic heterocycles. The van der Waals surface area contributed by atoms with Gasteiger partial charge in [0.2, 0.25) is 5.95 Å². The summed E-state index contributed by atoms with van der Waals surface area (Å²) in [4.78, 5) is 25.9. The van der Waals surface area contributed by atoms with Gasteiger partial charge in [-0.2, -0.15) is 0 Å². The first-order chi connectivity index (χ1) is 14.1. The Balaban J connectivity index is 1.44. The molecule has 0 atom stereocenters. The lowest BCUT2D eigenvalue weighted by molar-refractivity contribution is 0.0961. The Morgan fingerprint density at radius 3 is 2.52 bits per heavy atom. The van der Waals surface area contributed by atoms with Crippen molar-refractivity contribution in [1.82, 2.24) is 20.4 Å². The van der Waals surface area contributed by atoms with Crippen LogP contribution in [0, 0.1) is 13.8 Å². The predicted molar refractivity (Wildman–Crippen MR) is 118 cm³/mol. The Kier molecular flexibility index (Phi) is 5.73. The first-order valence-corrected chi connectivity index (χ1v) is 10.8. The number of anilines is 1. The van der Waals surface area contributed by atoms with Gasteiger partial charge in [-0.25, -0.2) is 15.0 Å². The second kappa shape index (κ2) is 8.59. The molecule has 0 radical (unpaired) electrons. The van der Waals surface area contributed by atoms with Crippen molar-refractivity contribution in [2.75, 3.05) is 5.43 Å². The van der Waals surface area contributed by atoms with Crippen molar-refractivity contribution in [1.29, 1.82) is 0 Å². The van der Waals surface area contributed by atoms with Crippen molar-refractivity contribution >= 4 is 45.2 Å². The minimum Gasteiger partial charge on any atom is -0.267 e. The van der Waals surface area contributed by atoms with E-state index in [1.165, 1.54) is 4.70 Å². The lowest BCUT2D eigenvalue weighted by atomic mass is 10.1. The number of hydrogen-bond acceptors (Lipinski definition) is 7. The maximum absolute atomic E-state index is 12.7. The van der Waals surface area contributed by atoms with Crippen LogP contribution in [0.15, 0.2) is 58.9 Å². The molecule has 4 aromatic rings. The van der Waals surface area contributed by atoms with Gasteiger partial charge >= 0.3 is 0 Å². The number of aryl methyl sites for hydroxylation is 2. The van der Waals surface area contributed by atoms with Gasteiger partial charge in [-0.15, -0.1) is 11.3 Å². The number of carbonyl (C=O) groups is 1. The highest BCUT2D eigenvalue weighted by atomic mass is 32.2. The fourth-order valence-corrected chi connectivity index (χ4v) is 4.95. The molecule has 2 heterocycles. The molecular formula is C21H19N5OS2. The molecule has 0 unspecified atom stereocenters. The van der Waals surface area contributed by atoms with Crippen LogP contribution in [0.2, 0.25) is 0 Å². The first-order valence-electron chi connectivity index (χ1n) is 9.03. The fraction of sp³-hybridized carbons (Fsp3) is 0.143. The number of benzene rings is 2. The van der Waals surface area contributed by atoms with Crippen molar-refractivity contribution in [2.24, 2.45) is 0 Å². The molecule has 0 fully saturated rings. The maximum Gasteiger partial charge on any atom is 0.270 e. The molecule has 29 heavy (non-hydrogen) atoms. The predicted octanol–water partition coefficient (Wildman–Crippen LogP) is 4.75. The second-order valence-corrected chi connectivity index (χ2v) is 8.70. The van der Waals surface area contributed by atoms with E-state index < -0.39 is 0 Å². The van der Waals surface area contributed by atoms with Crippen molar-refractivity contribution in [3.05, 3.63) is 77.1 Å². The molecular weight excluding hydrogens is 402 g/mol. The van der Waals surface area contributed by atoms with Crippen LogP contribution in [0.1, 0.15) is 27.3 Å². The van der Waals surface area contributed by atoms with Gasteiger partial charge in [0.15, 0.2) is 4.34 Å². The van der Waals surface area contributed by atoms with Crippen LogP contribution in [-0.2, 0) is 5.75 Å². The second-order valence-electron chi connectivity index (χ2n) is 6.45. The third kappa shape index (κ3) is 4.72. The molecule has 0 spiro atoms. The molecule has 1 amide bonds. The van der Waals surface area contributed by atoms with E-state index in [0.29, 0.717) is 17.3 Å². The number of hydrogen-bond donors (Lipinski definition) is 2. The van der Waals surface area contributed by atoms with Crippen molar-refractivity contribution in [2.45, 2.75) is 23.9 Å². The van der Waals surface area contributed by atoms with Crippen LogP contribution >= 0.6 is 23.1 Å². The minimum absolute atomic E-state index is 0.228. The largest absolute Gasteiger partial charge is 0.270 e. The van der Waals surface area contributed by atoms with Crippen LogP contribution in [0.4, 0.5) is 5.95 Å². The van der Waals surface area contributed by atoms with E-state index in [4.69, 9.17) is 0 Å². The molecule has 4 rings (SSSR count). The monoisotopic (exact) mass is 421 g/mol. The third-order valence-corrected chi connectivity index (χ3v) is 6.39. The molecule has 2 aromatic carbocycles. The summed E-state index contributed by atoms with van der Waals surface area (Å²) in [5, 5.41) is 0. The number of para-hydroxylation sites is 1. The molecule has 6 nitrogen and oxygen atoms in total. The number of nitrogens with zero attached hydrogens (tertiary/aromatic N) is 3. The zero-order valence-corrected chi connectivity index (χ0v) is 17.6. The lowest BCUT2D eigenvalue weighted by Crippen LogP contribution is -2.31. The van der Waals surface area contributed by atoms with E-state index >= 15 is 0 Å². The Morgan fingerprint density at radius 2 is 1.72 bits per heavy atom. The number of amides is 1. The fourth-order valence-electron chi connectivity index (χ4n) is 2.88. The molecule has 0 saturated heterocycles. The molecule has 2 aromatic heterocycles. The Bertz CT molecular complexity index is 1120. The molecule has 0 bridgehead atoms. The van der Waals surface area contributed by atoms with Crippen molar-refractivity contribution in [3.8, 4) is 0 Å². The number of nitrogens with one attached hydrogen (secondary N) is 2. The summed E-state index contributed by atoms with van der Waals surface area (Å²) in [6.07, 6.45) is 0. The average Bonchev–Trinajstić information content (AvgIpc) is 3.13. The van der Waals surface area contributed by atoms with Gasteiger partial charge in [-0.3, -0.25) is 15.6 Å². The van der Waals surface area contributed by atoms with Gasteiger partial charge < -0.3 is 0 Å². The van der Waals surface area contributed by atoms with Crippen molar-refractivity contribution in [3.63, 3.8) is 0 Å². The zero-order valence-electron chi connectivity index (χ0n) is 16.0. The van der Waals surface area contributed by atoms with Gasteiger partial charge in [-0.1, -0.05) is 42.1 Å². The number of fused-ring (bicyclic) bond motifs is 1. The zero-order chi connectivity index (χ0) is 20.2. The quantitative estimate of drug-likeness (QED) is 0.345. The standard InChI is InChI=1S/C21H19N5OS2/c1-13-11-14(2)23-20(22-13)26-25-19(27)16-8-4-3-7-15(16)12-28-21-24-17-9-5-6-10-18(17)29-21/h3-11H,12H2,1-2H3,(H,25,27)(H,22,23,26). The number of aromatic nitrogens is 3. The normalized spacial score (nSPS) is 10.8. The summed E-state index contributed by atoms with van der Waals surface area (Å²) < 4.78 is 2.15. The molecule has 2 N–H and O–H groups in total. The highest BCUT2D eigenvalue weighted by molar-refractivity contribution is 8.00. The Labute approximate surface area is 176 Å². The summed E-state index contributed by atoms with van der Waals surface area (Å²) in [5.74, 6) is 0.800. The molecule has 146 valence electrons. The SMILES string of the molecule is Cc1cc(C)nc(NNC(=O)c2ccccc2CSc2nc3ccccc3s2)n1. The van der Waals surface area contributed by atoms with E-state index in [9.17, 15) is 4.79 Å². The van der Waals surface area contributed by atoms with Gasteiger partial charge in [0.1, 0.15) is 0 Å². The summed E-state index contributed by atoms with van der Waals surface area (Å²) in [5.41, 5.74) is 9.72. The van der Waals surface area contributed by atoms with E-state index in [0.717, 1.165) is 26.8 Å². The van der Waals surface area contributed by atoms with Gasteiger partial charge in [0.05, 0.1) is 10.2 Å². The van der Waals surface area contributed by atoms with Crippen molar-refractivity contribution < 1.29 is 4.79 Å². The summed E-state index contributed by atoms with van der Waals surface area (Å²) in [6.45, 7) is 3.77. The van der Waals surface area contributed by atoms with E-state index in [2.05, 4.69) is 31.9 Å². The summed E-state index contributed by atoms with van der Waals surface area (Å²) in [6, 6.07) is 17.5. The number of thiazole rings is 1. The van der Waals surface area contributed by atoms with E-state index in [1.54, 1.807) is 23.1 Å². The lowest BCUT2D eigenvalue weighted by Gasteiger charge is -2.11. The number of carbonyl (C=O) groups excluding carboxylic acids is 1. The van der Waals surface area contributed by atoms with Crippen LogP contribution in [0.5, 0.6) is 0 Å². The minimum atomic E-state index is -0.228. The highest BCUT2D eigenvalue weighted by Crippen LogP contribution is 2.32. The molecule has 0 aliphatic rings. The van der Waals surface area contributed by atoms with Crippen LogP contribution < -0.4 is 10.9 Å². The topological polar surface area (TPSA) is 79.8 Å². The number of hydrazine groups is 1. The van der Waals surface area contributed by atoms with E-state index in [-0.39, 0.29) is 5.91 Å². The number of rotatable bonds is 6. The summed E-state index contributed by atoms with van der Waals surface area (Å²) in [7, 11) is 0.